The zero-order valence-electron chi connectivity index (χ0n) is 13.8. The van der Waals surface area contributed by atoms with Gasteiger partial charge in [0.25, 0.3) is 0 Å². The molecule has 1 aromatic heterocycles. The van der Waals surface area contributed by atoms with Crippen molar-refractivity contribution in [3.8, 4) is 0 Å². The van der Waals surface area contributed by atoms with Crippen molar-refractivity contribution in [2.24, 2.45) is 5.10 Å². The van der Waals surface area contributed by atoms with Gasteiger partial charge in [0.15, 0.2) is 5.82 Å². The van der Waals surface area contributed by atoms with E-state index >= 15 is 0 Å². The summed E-state index contributed by atoms with van der Waals surface area (Å²) >= 11 is 0. The van der Waals surface area contributed by atoms with Gasteiger partial charge in [-0.25, -0.2) is 17.2 Å². The van der Waals surface area contributed by atoms with Crippen LogP contribution in [0.4, 0.5) is 5.82 Å². The Morgan fingerprint density at radius 2 is 1.80 bits per heavy atom. The van der Waals surface area contributed by atoms with Gasteiger partial charge in [0.05, 0.1) is 6.20 Å². The van der Waals surface area contributed by atoms with Crippen molar-refractivity contribution in [2.45, 2.75) is 6.92 Å². The minimum atomic E-state index is 0. The molecule has 25 heavy (non-hydrogen) atoms. The minimum Gasteiger partial charge on any atom is -0.268 e. The van der Waals surface area contributed by atoms with Gasteiger partial charge in [-0.2, -0.15) is 41.5 Å². The zero-order chi connectivity index (χ0) is 16.6. The van der Waals surface area contributed by atoms with Gasteiger partial charge in [0.1, 0.15) is 0 Å². The largest absolute Gasteiger partial charge is 2.00 e. The molecular weight excluding hydrogens is 352 g/mol. The standard InChI is InChI=1S/C15H13N4.C5H5.Fe/c1-11(12-6-2-3-7-12)17-19-15-14-9-5-4-8-13(14)10-16-18-15;1-2-4-5-3-1;/h2-10H,1H3,(H,18,19);1-5H;/q2*-1;+2/b17-11+;;. The van der Waals surface area contributed by atoms with Crippen LogP contribution in [0.1, 0.15) is 12.5 Å². The fraction of sp³-hybridized carbons (Fsp3) is 0.0500. The van der Waals surface area contributed by atoms with Crippen LogP contribution in [0.5, 0.6) is 0 Å². The molecule has 4 nitrogen and oxygen atoms in total. The van der Waals surface area contributed by atoms with E-state index < -0.39 is 0 Å². The fourth-order valence-corrected chi connectivity index (χ4v) is 2.25. The van der Waals surface area contributed by atoms with Crippen LogP contribution in [0.15, 0.2) is 90.2 Å². The van der Waals surface area contributed by atoms with Crippen LogP contribution in [0.25, 0.3) is 10.8 Å². The average Bonchev–Trinajstić information content (AvgIpc) is 3.36. The summed E-state index contributed by atoms with van der Waals surface area (Å²) < 4.78 is 0. The molecule has 1 heterocycles. The van der Waals surface area contributed by atoms with Gasteiger partial charge in [-0.3, -0.25) is 5.43 Å². The summed E-state index contributed by atoms with van der Waals surface area (Å²) in [4.78, 5) is 0. The molecule has 0 atom stereocenters. The quantitative estimate of drug-likeness (QED) is 0.248. The van der Waals surface area contributed by atoms with Crippen molar-refractivity contribution in [2.75, 3.05) is 5.43 Å². The summed E-state index contributed by atoms with van der Waals surface area (Å²) in [7, 11) is 0. The molecule has 0 saturated heterocycles. The van der Waals surface area contributed by atoms with Gasteiger partial charge in [-0.05, 0) is 5.71 Å². The second kappa shape index (κ2) is 9.52. The van der Waals surface area contributed by atoms with Crippen molar-refractivity contribution < 1.29 is 17.1 Å². The number of aromatic nitrogens is 2. The predicted molar refractivity (Wildman–Crippen MR) is 99.4 cm³/mol. The third-order valence-electron chi connectivity index (χ3n) is 3.54. The molecule has 0 radical (unpaired) electrons. The summed E-state index contributed by atoms with van der Waals surface area (Å²) in [6.45, 7) is 1.96. The molecule has 4 rings (SSSR count). The Morgan fingerprint density at radius 1 is 1.00 bits per heavy atom. The molecule has 4 aromatic rings. The Bertz CT molecular complexity index is 874. The van der Waals surface area contributed by atoms with E-state index in [0.29, 0.717) is 5.82 Å². The van der Waals surface area contributed by atoms with Crippen molar-refractivity contribution in [3.63, 3.8) is 0 Å². The number of hydrogen-bond donors (Lipinski definition) is 1. The number of benzene rings is 1. The number of hydrogen-bond acceptors (Lipinski definition) is 4. The Morgan fingerprint density at radius 3 is 2.48 bits per heavy atom. The smallest absolute Gasteiger partial charge is 0.268 e. The van der Waals surface area contributed by atoms with E-state index in [1.165, 1.54) is 0 Å². The monoisotopic (exact) mass is 370 g/mol. The minimum absolute atomic E-state index is 0. The molecule has 3 aromatic carbocycles. The van der Waals surface area contributed by atoms with E-state index in [4.69, 9.17) is 0 Å². The maximum Gasteiger partial charge on any atom is 2.00 e. The molecule has 0 bridgehead atoms. The SMILES string of the molecule is C/C(=N\Nc1nncc2ccccc12)c1ccc[cH-]1.[Fe+2].c1cc[cH-]c1. The summed E-state index contributed by atoms with van der Waals surface area (Å²) in [5.41, 5.74) is 5.00. The number of rotatable bonds is 3. The van der Waals surface area contributed by atoms with Gasteiger partial charge in [-0.1, -0.05) is 31.2 Å². The topological polar surface area (TPSA) is 50.2 Å². The third kappa shape index (κ3) is 5.11. The second-order valence-electron chi connectivity index (χ2n) is 5.23. The van der Waals surface area contributed by atoms with Crippen LogP contribution in [-0.4, -0.2) is 15.9 Å². The van der Waals surface area contributed by atoms with Crippen molar-refractivity contribution in [1.82, 2.24) is 10.2 Å². The molecule has 0 aliphatic carbocycles. The van der Waals surface area contributed by atoms with Crippen LogP contribution in [0.2, 0.25) is 0 Å². The van der Waals surface area contributed by atoms with Gasteiger partial charge >= 0.3 is 17.1 Å². The second-order valence-corrected chi connectivity index (χ2v) is 5.23. The molecule has 0 unspecified atom stereocenters. The maximum atomic E-state index is 4.35. The van der Waals surface area contributed by atoms with E-state index in [2.05, 4.69) is 20.7 Å². The molecule has 1 N–H and O–H groups in total. The Hall–Kier alpha value is -2.75. The molecular formula is C20H18FeN4. The first-order chi connectivity index (χ1) is 11.8. The van der Waals surface area contributed by atoms with Gasteiger partial charge in [0, 0.05) is 10.8 Å². The van der Waals surface area contributed by atoms with Gasteiger partial charge < -0.3 is 0 Å². The van der Waals surface area contributed by atoms with Crippen molar-refractivity contribution in [1.29, 1.82) is 0 Å². The summed E-state index contributed by atoms with van der Waals surface area (Å²) in [5, 5.41) is 14.5. The van der Waals surface area contributed by atoms with Crippen molar-refractivity contribution >= 4 is 22.3 Å². The molecule has 126 valence electrons. The van der Waals surface area contributed by atoms with Gasteiger partial charge in [0.2, 0.25) is 0 Å². The Balaban J connectivity index is 0.000000325. The van der Waals surface area contributed by atoms with E-state index in [0.717, 1.165) is 22.0 Å². The number of hydrazone groups is 1. The first-order valence-corrected chi connectivity index (χ1v) is 7.74. The number of anilines is 1. The molecule has 0 aliphatic heterocycles. The number of nitrogens with one attached hydrogen (secondary N) is 1. The average molecular weight is 370 g/mol. The van der Waals surface area contributed by atoms with Gasteiger partial charge in [-0.15, -0.1) is 16.7 Å². The Kier molecular flexibility index (Phi) is 7.08. The third-order valence-corrected chi connectivity index (χ3v) is 3.54. The normalized spacial score (nSPS) is 10.5. The molecule has 0 spiro atoms. The first-order valence-electron chi connectivity index (χ1n) is 7.74. The molecule has 0 aliphatic rings. The number of fused-ring (bicyclic) bond motifs is 1. The van der Waals surface area contributed by atoms with Crippen LogP contribution >= 0.6 is 0 Å². The molecule has 5 heteroatoms. The predicted octanol–water partition coefficient (Wildman–Crippen LogP) is 4.59. The first kappa shape index (κ1) is 18.6. The zero-order valence-corrected chi connectivity index (χ0v) is 14.9. The summed E-state index contributed by atoms with van der Waals surface area (Å²) in [6.07, 6.45) is 1.74. The molecule has 0 amide bonds. The number of nitrogens with zero attached hydrogens (tertiary/aromatic N) is 3. The fourth-order valence-electron chi connectivity index (χ4n) is 2.25. The van der Waals surface area contributed by atoms with Crippen LogP contribution in [-0.2, 0) is 17.1 Å². The van der Waals surface area contributed by atoms with Crippen molar-refractivity contribution in [3.05, 3.63) is 90.6 Å². The van der Waals surface area contributed by atoms with E-state index in [1.54, 1.807) is 6.20 Å². The van der Waals surface area contributed by atoms with Crippen LogP contribution in [0.3, 0.4) is 0 Å². The van der Waals surface area contributed by atoms with Crippen LogP contribution in [0, 0.1) is 0 Å². The summed E-state index contributed by atoms with van der Waals surface area (Å²) in [6, 6.07) is 26.0. The maximum absolute atomic E-state index is 4.35. The van der Waals surface area contributed by atoms with E-state index in [9.17, 15) is 0 Å². The van der Waals surface area contributed by atoms with E-state index in [-0.39, 0.29) is 17.1 Å². The molecule has 0 saturated carbocycles. The van der Waals surface area contributed by atoms with E-state index in [1.807, 2.05) is 85.8 Å². The summed E-state index contributed by atoms with van der Waals surface area (Å²) in [5.74, 6) is 0.670. The molecule has 0 fully saturated rings. The van der Waals surface area contributed by atoms with Crippen LogP contribution < -0.4 is 5.43 Å². The Labute approximate surface area is 157 Å².